The summed E-state index contributed by atoms with van der Waals surface area (Å²) >= 11 is 13.6. The van der Waals surface area contributed by atoms with E-state index in [0.29, 0.717) is 12.8 Å². The van der Waals surface area contributed by atoms with Gasteiger partial charge in [0.2, 0.25) is 0 Å². The average Bonchev–Trinajstić information content (AvgIpc) is 2.71. The summed E-state index contributed by atoms with van der Waals surface area (Å²) in [4.78, 5) is 22.2. The maximum absolute atomic E-state index is 11.7. The number of halogens is 4. The average molecular weight is 512 g/mol. The predicted octanol–water partition coefficient (Wildman–Crippen LogP) is 2.43. The van der Waals surface area contributed by atoms with Crippen LogP contribution in [0.4, 0.5) is 0 Å². The Hall–Kier alpha value is 0.860. The van der Waals surface area contributed by atoms with Gasteiger partial charge in [0, 0.05) is 0 Å². The van der Waals surface area contributed by atoms with Gasteiger partial charge in [-0.2, -0.15) is 0 Å². The van der Waals surface area contributed by atoms with Gasteiger partial charge in [-0.25, -0.2) is 0 Å². The molecule has 1 aliphatic carbocycles. The molecule has 0 amide bonds. The van der Waals surface area contributed by atoms with Crippen LogP contribution in [0, 0.1) is 0 Å². The van der Waals surface area contributed by atoms with Crippen LogP contribution in [0.2, 0.25) is 0 Å². The van der Waals surface area contributed by atoms with Crippen molar-refractivity contribution in [2.75, 3.05) is 0 Å². The lowest BCUT2D eigenvalue weighted by Gasteiger charge is -2.55. The van der Waals surface area contributed by atoms with Gasteiger partial charge in [0.15, 0.2) is 11.2 Å². The van der Waals surface area contributed by atoms with E-state index in [1.165, 1.54) is 0 Å². The second-order valence-corrected chi connectivity index (χ2v) is 8.67. The molecule has 2 saturated heterocycles. The summed E-state index contributed by atoms with van der Waals surface area (Å²) < 4.78 is 11.1. The molecule has 0 bridgehead atoms. The molecule has 0 aromatic heterocycles. The van der Waals surface area contributed by atoms with E-state index in [0.717, 1.165) is 0 Å². The molecule has 2 spiro atoms. The highest BCUT2D eigenvalue weighted by atomic mass is 79.9. The van der Waals surface area contributed by atoms with Crippen LogP contribution in [-0.4, -0.2) is 42.4 Å². The lowest BCUT2D eigenvalue weighted by molar-refractivity contribution is -0.223. The SMILES string of the molecule is O=C1OC2(CCC23OC(=O)C(Br)C3Br)C(Br)C1Br. The number of ether oxygens (including phenoxy) is 2. The van der Waals surface area contributed by atoms with Crippen molar-refractivity contribution in [3.63, 3.8) is 0 Å². The molecule has 0 aromatic carbocycles. The highest BCUT2D eigenvalue weighted by Gasteiger charge is 2.78. The Morgan fingerprint density at radius 3 is 1.33 bits per heavy atom. The van der Waals surface area contributed by atoms with Gasteiger partial charge in [-0.05, 0) is 12.8 Å². The Labute approximate surface area is 137 Å². The Morgan fingerprint density at radius 1 is 0.833 bits per heavy atom. The molecular weight excluding hydrogens is 504 g/mol. The van der Waals surface area contributed by atoms with Crippen LogP contribution < -0.4 is 0 Å². The van der Waals surface area contributed by atoms with Gasteiger partial charge >= 0.3 is 11.9 Å². The first-order chi connectivity index (χ1) is 8.36. The number of hydrogen-bond donors (Lipinski definition) is 0. The van der Waals surface area contributed by atoms with Crippen LogP contribution in [0.25, 0.3) is 0 Å². The van der Waals surface area contributed by atoms with Gasteiger partial charge < -0.3 is 9.47 Å². The Bertz CT molecular complexity index is 404. The van der Waals surface area contributed by atoms with Crippen LogP contribution in [0.15, 0.2) is 0 Å². The molecule has 6 atom stereocenters. The van der Waals surface area contributed by atoms with Crippen LogP contribution >= 0.6 is 63.7 Å². The summed E-state index contributed by atoms with van der Waals surface area (Å²) in [6.07, 6.45) is 1.37. The van der Waals surface area contributed by atoms with Gasteiger partial charge in [-0.1, -0.05) is 63.7 Å². The minimum Gasteiger partial charge on any atom is -0.453 e. The first-order valence-electron chi connectivity index (χ1n) is 5.38. The maximum Gasteiger partial charge on any atom is 0.321 e. The lowest BCUT2D eigenvalue weighted by atomic mass is 9.62. The summed E-state index contributed by atoms with van der Waals surface area (Å²) in [5.74, 6) is -0.630. The van der Waals surface area contributed by atoms with E-state index in [-0.39, 0.29) is 21.6 Å². The largest absolute Gasteiger partial charge is 0.453 e. The maximum atomic E-state index is 11.7. The lowest BCUT2D eigenvalue weighted by Crippen LogP contribution is -2.70. The number of alkyl halides is 4. The molecule has 0 radical (unpaired) electrons. The summed E-state index contributed by atoms with van der Waals surface area (Å²) in [5.41, 5.74) is -1.55. The molecular formula is C10H8Br4O4. The highest BCUT2D eigenvalue weighted by molar-refractivity contribution is 9.13. The Morgan fingerprint density at radius 2 is 1.17 bits per heavy atom. The topological polar surface area (TPSA) is 52.6 Å². The molecule has 1 saturated carbocycles. The van der Waals surface area contributed by atoms with Gasteiger partial charge in [0.05, 0.1) is 9.65 Å². The van der Waals surface area contributed by atoms with Gasteiger partial charge in [-0.3, -0.25) is 9.59 Å². The van der Waals surface area contributed by atoms with Crippen molar-refractivity contribution in [1.82, 2.24) is 0 Å². The van der Waals surface area contributed by atoms with Crippen LogP contribution in [-0.2, 0) is 19.1 Å². The van der Waals surface area contributed by atoms with Crippen molar-refractivity contribution in [3.05, 3.63) is 0 Å². The molecule has 3 rings (SSSR count). The molecule has 3 aliphatic rings. The minimum atomic E-state index is -0.773. The van der Waals surface area contributed by atoms with E-state index in [1.54, 1.807) is 0 Å². The van der Waals surface area contributed by atoms with E-state index in [2.05, 4.69) is 63.7 Å². The first-order valence-corrected chi connectivity index (χ1v) is 9.04. The molecule has 2 aliphatic heterocycles. The molecule has 18 heavy (non-hydrogen) atoms. The molecule has 2 heterocycles. The van der Waals surface area contributed by atoms with Crippen LogP contribution in [0.5, 0.6) is 0 Å². The van der Waals surface area contributed by atoms with E-state index >= 15 is 0 Å². The quantitative estimate of drug-likeness (QED) is 0.370. The van der Waals surface area contributed by atoms with Crippen molar-refractivity contribution in [2.24, 2.45) is 0 Å². The molecule has 6 unspecified atom stereocenters. The zero-order valence-electron chi connectivity index (χ0n) is 8.87. The molecule has 3 fully saturated rings. The number of rotatable bonds is 0. The predicted molar refractivity (Wildman–Crippen MR) is 77.7 cm³/mol. The third-order valence-electron chi connectivity index (χ3n) is 4.00. The number of hydrogen-bond acceptors (Lipinski definition) is 4. The Kier molecular flexibility index (Phi) is 3.21. The fourth-order valence-electron chi connectivity index (χ4n) is 2.93. The van der Waals surface area contributed by atoms with Crippen molar-refractivity contribution in [3.8, 4) is 0 Å². The summed E-state index contributed by atoms with van der Waals surface area (Å²) in [7, 11) is 0. The van der Waals surface area contributed by atoms with E-state index in [4.69, 9.17) is 9.47 Å². The van der Waals surface area contributed by atoms with E-state index in [1.807, 2.05) is 0 Å². The number of carbonyl (C=O) groups excluding carboxylic acids is 2. The highest BCUT2D eigenvalue weighted by Crippen LogP contribution is 2.62. The molecule has 8 heteroatoms. The van der Waals surface area contributed by atoms with Crippen molar-refractivity contribution >= 4 is 75.7 Å². The first kappa shape index (κ1) is 13.8. The van der Waals surface area contributed by atoms with Crippen LogP contribution in [0.3, 0.4) is 0 Å². The van der Waals surface area contributed by atoms with Crippen molar-refractivity contribution in [1.29, 1.82) is 0 Å². The van der Waals surface area contributed by atoms with E-state index in [9.17, 15) is 9.59 Å². The summed E-state index contributed by atoms with van der Waals surface area (Å²) in [6, 6.07) is 0. The number of carbonyl (C=O) groups is 2. The minimum absolute atomic E-state index is 0.211. The summed E-state index contributed by atoms with van der Waals surface area (Å²) in [6.45, 7) is 0. The van der Waals surface area contributed by atoms with Gasteiger partial charge in [0.25, 0.3) is 0 Å². The molecule has 100 valence electrons. The van der Waals surface area contributed by atoms with Crippen molar-refractivity contribution in [2.45, 2.75) is 43.4 Å². The standard InChI is InChI=1S/C10H8Br4O4/c11-3-5(13)9(17-7(3)15)1-2-10(9)6(14)4(12)8(16)18-10/h3-6H,1-2H2. The fourth-order valence-corrected chi connectivity index (χ4v) is 5.82. The van der Waals surface area contributed by atoms with E-state index < -0.39 is 20.9 Å². The smallest absolute Gasteiger partial charge is 0.321 e. The van der Waals surface area contributed by atoms with Gasteiger partial charge in [0.1, 0.15) is 9.65 Å². The third-order valence-corrected chi connectivity index (χ3v) is 9.77. The Balaban J connectivity index is 2.01. The van der Waals surface area contributed by atoms with Gasteiger partial charge in [-0.15, -0.1) is 0 Å². The second kappa shape index (κ2) is 4.18. The second-order valence-electron chi connectivity index (χ2n) is 4.73. The third kappa shape index (κ3) is 1.41. The molecule has 0 aromatic rings. The number of esters is 2. The molecule has 0 N–H and O–H groups in total. The zero-order chi connectivity index (χ0) is 13.3. The zero-order valence-corrected chi connectivity index (χ0v) is 15.2. The number of fused-ring (bicyclic) bond motifs is 1. The normalized spacial score (nSPS) is 54.7. The molecule has 4 nitrogen and oxygen atoms in total. The fraction of sp³-hybridized carbons (Fsp3) is 0.800. The summed E-state index contributed by atoms with van der Waals surface area (Å²) in [5, 5.41) is 0. The van der Waals surface area contributed by atoms with Crippen LogP contribution in [0.1, 0.15) is 12.8 Å². The monoisotopic (exact) mass is 508 g/mol. The van der Waals surface area contributed by atoms with Crippen molar-refractivity contribution < 1.29 is 19.1 Å².